The summed E-state index contributed by atoms with van der Waals surface area (Å²) in [5.41, 5.74) is 7.56. The zero-order valence-electron chi connectivity index (χ0n) is 26.4. The SMILES string of the molecule is S=P(c1ccccc1)(c1ccccc1)c1cnc2cc(-c3ccc4c(ccc5c6ccccc6c6nc7ccccc7n6c45)c3)ccc2c1. The number of nitrogens with zero attached hydrogens (tertiary/aromatic N) is 3. The molecule has 0 N–H and O–H groups in total. The van der Waals surface area contributed by atoms with Crippen molar-refractivity contribution in [3.63, 3.8) is 0 Å². The molecule has 0 aliphatic heterocycles. The highest BCUT2D eigenvalue weighted by molar-refractivity contribution is 8.25. The quantitative estimate of drug-likeness (QED) is 0.139. The molecule has 10 aromatic rings. The van der Waals surface area contributed by atoms with E-state index in [2.05, 4.69) is 156 Å². The molecule has 0 spiro atoms. The van der Waals surface area contributed by atoms with E-state index in [0.717, 1.165) is 49.4 Å². The van der Waals surface area contributed by atoms with Gasteiger partial charge in [0.15, 0.2) is 0 Å². The molecular formula is C44H28N3PS. The van der Waals surface area contributed by atoms with Gasteiger partial charge >= 0.3 is 0 Å². The standard InChI is InChI=1S/C44H28N3PS/c49-48(33-11-3-1-4-12-33,34-13-5-2-6-14-34)35-26-32-20-19-30(27-41(32)45-28-35)29-21-23-36-31(25-29)22-24-38-37-15-7-8-16-39(37)44-46-40-17-9-10-18-42(40)47(44)43(36)38/h1-28H. The lowest BCUT2D eigenvalue weighted by Crippen LogP contribution is -2.25. The molecule has 0 amide bonds. The lowest BCUT2D eigenvalue weighted by molar-refractivity contribution is 1.32. The van der Waals surface area contributed by atoms with Crippen LogP contribution in [0.15, 0.2) is 170 Å². The van der Waals surface area contributed by atoms with E-state index < -0.39 is 6.04 Å². The summed E-state index contributed by atoms with van der Waals surface area (Å²) in [4.78, 5) is 10.1. The van der Waals surface area contributed by atoms with Crippen LogP contribution in [0.2, 0.25) is 0 Å². The van der Waals surface area contributed by atoms with E-state index in [-0.39, 0.29) is 0 Å². The normalized spacial score (nSPS) is 12.2. The van der Waals surface area contributed by atoms with Crippen LogP contribution in [-0.4, -0.2) is 14.4 Å². The molecule has 3 heterocycles. The third-order valence-electron chi connectivity index (χ3n) is 9.84. The molecule has 0 unspecified atom stereocenters. The molecule has 230 valence electrons. The molecular weight excluding hydrogens is 634 g/mol. The smallest absolute Gasteiger partial charge is 0.146 e. The van der Waals surface area contributed by atoms with Gasteiger partial charge in [0.2, 0.25) is 0 Å². The van der Waals surface area contributed by atoms with Crippen molar-refractivity contribution in [3.05, 3.63) is 170 Å². The van der Waals surface area contributed by atoms with Crippen LogP contribution in [-0.2, 0) is 11.8 Å². The van der Waals surface area contributed by atoms with Crippen molar-refractivity contribution in [2.24, 2.45) is 0 Å². The zero-order valence-corrected chi connectivity index (χ0v) is 28.1. The Hall–Kier alpha value is -5.67. The highest BCUT2D eigenvalue weighted by Gasteiger charge is 2.25. The van der Waals surface area contributed by atoms with Gasteiger partial charge in [0.05, 0.1) is 22.1 Å². The summed E-state index contributed by atoms with van der Waals surface area (Å²) in [6.07, 6.45) is 2.00. The fourth-order valence-electron chi connectivity index (χ4n) is 7.48. The first-order valence-corrected chi connectivity index (χ1v) is 19.2. The average Bonchev–Trinajstić information content (AvgIpc) is 3.57. The largest absolute Gasteiger partial charge is 0.291 e. The maximum atomic E-state index is 6.59. The van der Waals surface area contributed by atoms with E-state index >= 15 is 0 Å². The van der Waals surface area contributed by atoms with Gasteiger partial charge in [-0.05, 0) is 62.8 Å². The molecule has 0 radical (unpaired) electrons. The Morgan fingerprint density at radius 2 is 1.10 bits per heavy atom. The molecule has 0 saturated carbocycles. The van der Waals surface area contributed by atoms with Crippen LogP contribution in [0, 0.1) is 0 Å². The summed E-state index contributed by atoms with van der Waals surface area (Å²) < 4.78 is 2.35. The van der Waals surface area contributed by atoms with E-state index in [0.29, 0.717) is 0 Å². The molecule has 7 aromatic carbocycles. The summed E-state index contributed by atoms with van der Waals surface area (Å²) in [6, 6.07) is 56.0. The van der Waals surface area contributed by atoms with Crippen LogP contribution in [0.3, 0.4) is 0 Å². The van der Waals surface area contributed by atoms with Crippen LogP contribution >= 0.6 is 6.04 Å². The number of fused-ring (bicyclic) bond motifs is 11. The maximum Gasteiger partial charge on any atom is 0.146 e. The van der Waals surface area contributed by atoms with Crippen LogP contribution in [0.5, 0.6) is 0 Å². The number of imidazole rings is 1. The molecule has 0 aliphatic carbocycles. The summed E-state index contributed by atoms with van der Waals surface area (Å²) in [5.74, 6) is 0. The fourth-order valence-corrected chi connectivity index (χ4v) is 11.1. The minimum Gasteiger partial charge on any atom is -0.291 e. The van der Waals surface area contributed by atoms with E-state index in [4.69, 9.17) is 21.8 Å². The minimum atomic E-state index is -2.28. The van der Waals surface area contributed by atoms with Crippen molar-refractivity contribution in [2.75, 3.05) is 0 Å². The van der Waals surface area contributed by atoms with E-state index in [1.54, 1.807) is 0 Å². The third-order valence-corrected chi connectivity index (χ3v) is 14.8. The van der Waals surface area contributed by atoms with E-state index in [1.165, 1.54) is 37.7 Å². The maximum absolute atomic E-state index is 6.59. The molecule has 0 fully saturated rings. The van der Waals surface area contributed by atoms with Crippen molar-refractivity contribution in [3.8, 4) is 11.1 Å². The predicted molar refractivity (Wildman–Crippen MR) is 212 cm³/mol. The second kappa shape index (κ2) is 10.9. The Kier molecular flexibility index (Phi) is 6.33. The summed E-state index contributed by atoms with van der Waals surface area (Å²) in [5, 5.41) is 10.5. The highest BCUT2D eigenvalue weighted by Crippen LogP contribution is 2.43. The van der Waals surface area contributed by atoms with Crippen LogP contribution < -0.4 is 15.9 Å². The van der Waals surface area contributed by atoms with Crippen molar-refractivity contribution < 1.29 is 0 Å². The molecule has 49 heavy (non-hydrogen) atoms. The number of para-hydroxylation sites is 2. The molecule has 0 saturated heterocycles. The molecule has 0 atom stereocenters. The Morgan fingerprint density at radius 3 is 1.90 bits per heavy atom. The molecule has 10 rings (SSSR count). The fraction of sp³-hybridized carbons (Fsp3) is 0. The third kappa shape index (κ3) is 4.31. The Labute approximate surface area is 288 Å². The molecule has 0 bridgehead atoms. The van der Waals surface area contributed by atoms with Gasteiger partial charge in [-0.2, -0.15) is 0 Å². The van der Waals surface area contributed by atoms with Crippen LogP contribution in [0.4, 0.5) is 0 Å². The molecule has 3 aromatic heterocycles. The number of benzene rings is 7. The Bertz CT molecular complexity index is 2930. The average molecular weight is 662 g/mol. The number of aromatic nitrogens is 3. The lowest BCUT2D eigenvalue weighted by atomic mass is 9.97. The van der Waals surface area contributed by atoms with Gasteiger partial charge in [-0.3, -0.25) is 9.38 Å². The monoisotopic (exact) mass is 661 g/mol. The van der Waals surface area contributed by atoms with Gasteiger partial charge in [0, 0.05) is 39.1 Å². The van der Waals surface area contributed by atoms with Crippen molar-refractivity contribution in [1.82, 2.24) is 14.4 Å². The van der Waals surface area contributed by atoms with E-state index in [1.807, 2.05) is 18.3 Å². The predicted octanol–water partition coefficient (Wildman–Crippen LogP) is 9.92. The van der Waals surface area contributed by atoms with Crippen LogP contribution in [0.1, 0.15) is 0 Å². The first-order chi connectivity index (χ1) is 24.2. The number of hydrogen-bond donors (Lipinski definition) is 0. The zero-order chi connectivity index (χ0) is 32.5. The van der Waals surface area contributed by atoms with Crippen molar-refractivity contribution >= 4 is 93.8 Å². The first kappa shape index (κ1) is 28.4. The van der Waals surface area contributed by atoms with E-state index in [9.17, 15) is 0 Å². The summed E-state index contributed by atoms with van der Waals surface area (Å²) >= 11 is 6.59. The van der Waals surface area contributed by atoms with Crippen molar-refractivity contribution in [1.29, 1.82) is 0 Å². The van der Waals surface area contributed by atoms with Gasteiger partial charge in [0.25, 0.3) is 0 Å². The topological polar surface area (TPSA) is 30.2 Å². The molecule has 5 heteroatoms. The van der Waals surface area contributed by atoms with Gasteiger partial charge in [-0.25, -0.2) is 4.98 Å². The molecule has 3 nitrogen and oxygen atoms in total. The number of rotatable bonds is 4. The second-order valence-electron chi connectivity index (χ2n) is 12.6. The van der Waals surface area contributed by atoms with Gasteiger partial charge in [0.1, 0.15) is 5.65 Å². The van der Waals surface area contributed by atoms with Gasteiger partial charge < -0.3 is 0 Å². The second-order valence-corrected chi connectivity index (χ2v) is 17.0. The lowest BCUT2D eigenvalue weighted by Gasteiger charge is -2.24. The summed E-state index contributed by atoms with van der Waals surface area (Å²) in [6.45, 7) is 0. The van der Waals surface area contributed by atoms with Gasteiger partial charge in [-0.1, -0.05) is 145 Å². The highest BCUT2D eigenvalue weighted by atomic mass is 32.4. The molecule has 0 aliphatic rings. The first-order valence-electron chi connectivity index (χ1n) is 16.4. The Morgan fingerprint density at radius 1 is 0.469 bits per heavy atom. The summed E-state index contributed by atoms with van der Waals surface area (Å²) in [7, 11) is 0. The van der Waals surface area contributed by atoms with Crippen LogP contribution in [0.25, 0.3) is 71.2 Å². The number of hydrogen-bond acceptors (Lipinski definition) is 3. The minimum absolute atomic E-state index is 0.959. The van der Waals surface area contributed by atoms with Gasteiger partial charge in [-0.15, -0.1) is 0 Å². The Balaban J connectivity index is 1.12. The van der Waals surface area contributed by atoms with Crippen molar-refractivity contribution in [2.45, 2.75) is 0 Å². The number of pyridine rings is 2.